The third-order valence-corrected chi connectivity index (χ3v) is 11.0. The van der Waals surface area contributed by atoms with Crippen molar-refractivity contribution in [1.82, 2.24) is 9.97 Å². The number of benzene rings is 9. The van der Waals surface area contributed by atoms with Crippen LogP contribution < -0.4 is 0 Å². The zero-order valence-corrected chi connectivity index (χ0v) is 30.9. The van der Waals surface area contributed by atoms with Crippen LogP contribution >= 0.6 is 0 Å². The summed E-state index contributed by atoms with van der Waals surface area (Å²) in [5, 5.41) is 7.07. The van der Waals surface area contributed by atoms with E-state index in [-0.39, 0.29) is 0 Å². The monoisotopic (exact) mass is 726 g/mol. The van der Waals surface area contributed by atoms with Crippen LogP contribution in [0.25, 0.3) is 111 Å². The molecule has 0 bridgehead atoms. The summed E-state index contributed by atoms with van der Waals surface area (Å²) in [6.07, 6.45) is 0. The molecule has 2 aromatic heterocycles. The minimum Gasteiger partial charge on any atom is -0.455 e. The summed E-state index contributed by atoms with van der Waals surface area (Å²) >= 11 is 0. The fourth-order valence-corrected chi connectivity index (χ4v) is 8.13. The van der Waals surface area contributed by atoms with Gasteiger partial charge in [-0.3, -0.25) is 0 Å². The second kappa shape index (κ2) is 13.6. The van der Waals surface area contributed by atoms with Crippen molar-refractivity contribution in [2.75, 3.05) is 0 Å². The zero-order chi connectivity index (χ0) is 37.7. The molecule has 0 unspecified atom stereocenters. The lowest BCUT2D eigenvalue weighted by molar-refractivity contribution is 0.670. The van der Waals surface area contributed by atoms with Crippen molar-refractivity contribution in [1.29, 1.82) is 0 Å². The van der Waals surface area contributed by atoms with E-state index in [4.69, 9.17) is 14.4 Å². The fraction of sp³-hybridized carbons (Fsp3) is 0. The molecule has 3 heteroatoms. The Bertz CT molecular complexity index is 3310. The van der Waals surface area contributed by atoms with Gasteiger partial charge in [-0.25, -0.2) is 9.97 Å². The molecule has 0 aliphatic heterocycles. The smallest absolute Gasteiger partial charge is 0.160 e. The molecule has 0 spiro atoms. The van der Waals surface area contributed by atoms with Gasteiger partial charge in [0.05, 0.1) is 11.4 Å². The van der Waals surface area contributed by atoms with Gasteiger partial charge >= 0.3 is 0 Å². The van der Waals surface area contributed by atoms with Crippen molar-refractivity contribution >= 4 is 43.5 Å². The molecule has 0 aliphatic rings. The Kier molecular flexibility index (Phi) is 7.82. The van der Waals surface area contributed by atoms with E-state index in [1.165, 1.54) is 27.1 Å². The maximum absolute atomic E-state index is 6.59. The van der Waals surface area contributed by atoms with Gasteiger partial charge < -0.3 is 4.42 Å². The number of nitrogens with zero attached hydrogens (tertiary/aromatic N) is 2. The highest BCUT2D eigenvalue weighted by Crippen LogP contribution is 2.40. The van der Waals surface area contributed by atoms with Gasteiger partial charge in [-0.05, 0) is 97.9 Å². The lowest BCUT2D eigenvalue weighted by atomic mass is 9.92. The molecule has 0 radical (unpaired) electrons. The number of aromatic nitrogens is 2. The van der Waals surface area contributed by atoms with E-state index in [2.05, 4.69) is 176 Å². The normalized spacial score (nSPS) is 11.5. The summed E-state index contributed by atoms with van der Waals surface area (Å²) in [5.41, 5.74) is 13.1. The Hall–Kier alpha value is -7.62. The van der Waals surface area contributed by atoms with Crippen LogP contribution in [0.2, 0.25) is 0 Å². The van der Waals surface area contributed by atoms with E-state index in [1.54, 1.807) is 0 Å². The minimum atomic E-state index is 0.677. The first-order chi connectivity index (χ1) is 28.2. The number of para-hydroxylation sites is 2. The van der Waals surface area contributed by atoms with Crippen molar-refractivity contribution in [3.05, 3.63) is 206 Å². The molecule has 0 amide bonds. The number of rotatable bonds is 6. The van der Waals surface area contributed by atoms with Gasteiger partial charge in [0.1, 0.15) is 11.2 Å². The number of hydrogen-bond donors (Lipinski definition) is 0. The van der Waals surface area contributed by atoms with Gasteiger partial charge in [-0.2, -0.15) is 0 Å². The first kappa shape index (κ1) is 32.8. The molecular formula is C54H34N2O. The van der Waals surface area contributed by atoms with Crippen LogP contribution in [0.4, 0.5) is 0 Å². The number of furan rings is 1. The summed E-state index contributed by atoms with van der Waals surface area (Å²) in [6.45, 7) is 0. The summed E-state index contributed by atoms with van der Waals surface area (Å²) < 4.78 is 6.59. The molecule has 0 N–H and O–H groups in total. The Labute approximate surface area is 330 Å². The van der Waals surface area contributed by atoms with Gasteiger partial charge in [0, 0.05) is 33.0 Å². The van der Waals surface area contributed by atoms with Crippen LogP contribution in [0.5, 0.6) is 0 Å². The second-order valence-corrected chi connectivity index (χ2v) is 14.6. The third-order valence-electron chi connectivity index (χ3n) is 11.0. The first-order valence-corrected chi connectivity index (χ1v) is 19.3. The number of fused-ring (bicyclic) bond motifs is 5. The predicted molar refractivity (Wildman–Crippen MR) is 237 cm³/mol. The average molecular weight is 727 g/mol. The quantitative estimate of drug-likeness (QED) is 0.171. The molecule has 11 aromatic rings. The molecule has 0 fully saturated rings. The lowest BCUT2D eigenvalue weighted by Gasteiger charge is -2.14. The molecule has 9 aromatic carbocycles. The van der Waals surface area contributed by atoms with Crippen LogP contribution in [0.1, 0.15) is 0 Å². The predicted octanol–water partition coefficient (Wildman–Crippen LogP) is 14.7. The van der Waals surface area contributed by atoms with Crippen molar-refractivity contribution in [3.63, 3.8) is 0 Å². The molecular weight excluding hydrogens is 693 g/mol. The van der Waals surface area contributed by atoms with Gasteiger partial charge in [0.2, 0.25) is 0 Å². The van der Waals surface area contributed by atoms with E-state index < -0.39 is 0 Å². The highest BCUT2D eigenvalue weighted by molar-refractivity contribution is 6.10. The van der Waals surface area contributed by atoms with E-state index in [1.807, 2.05) is 30.3 Å². The van der Waals surface area contributed by atoms with Crippen molar-refractivity contribution in [2.45, 2.75) is 0 Å². The highest BCUT2D eigenvalue weighted by atomic mass is 16.3. The highest BCUT2D eigenvalue weighted by Gasteiger charge is 2.17. The van der Waals surface area contributed by atoms with E-state index >= 15 is 0 Å². The Morgan fingerprint density at radius 3 is 1.60 bits per heavy atom. The fourth-order valence-electron chi connectivity index (χ4n) is 8.13. The Morgan fingerprint density at radius 2 is 0.825 bits per heavy atom. The molecule has 266 valence electrons. The van der Waals surface area contributed by atoms with Crippen molar-refractivity contribution in [3.8, 4) is 67.3 Å². The van der Waals surface area contributed by atoms with Crippen LogP contribution in [-0.2, 0) is 0 Å². The van der Waals surface area contributed by atoms with Gasteiger partial charge in [0.25, 0.3) is 0 Å². The van der Waals surface area contributed by atoms with Crippen molar-refractivity contribution in [2.24, 2.45) is 0 Å². The summed E-state index contributed by atoms with van der Waals surface area (Å²) in [7, 11) is 0. The van der Waals surface area contributed by atoms with Crippen LogP contribution in [0.3, 0.4) is 0 Å². The van der Waals surface area contributed by atoms with Crippen LogP contribution in [-0.4, -0.2) is 9.97 Å². The molecule has 0 saturated heterocycles. The van der Waals surface area contributed by atoms with Crippen LogP contribution in [0.15, 0.2) is 211 Å². The summed E-state index contributed by atoms with van der Waals surface area (Å²) in [5.74, 6) is 0.677. The van der Waals surface area contributed by atoms with E-state index in [0.29, 0.717) is 5.82 Å². The summed E-state index contributed by atoms with van der Waals surface area (Å²) in [6, 6.07) is 72.9. The van der Waals surface area contributed by atoms with Crippen LogP contribution in [0, 0.1) is 0 Å². The largest absolute Gasteiger partial charge is 0.455 e. The Balaban J connectivity index is 1.12. The maximum atomic E-state index is 6.59. The molecule has 0 aliphatic carbocycles. The number of hydrogen-bond acceptors (Lipinski definition) is 3. The zero-order valence-electron chi connectivity index (χ0n) is 30.9. The lowest BCUT2D eigenvalue weighted by Crippen LogP contribution is -1.97. The molecule has 0 saturated carbocycles. The first-order valence-electron chi connectivity index (χ1n) is 19.3. The van der Waals surface area contributed by atoms with Crippen molar-refractivity contribution < 1.29 is 4.42 Å². The second-order valence-electron chi connectivity index (χ2n) is 14.6. The SMILES string of the molecule is c1ccc(-c2nc(-c3cccc(-c4ccc5ccccc5c4)c3)cc(-c3cc(-c4ccc5ccccc5c4)cc(-c4cccc5c4oc4ccccc45)c3)n2)cc1. The molecule has 3 nitrogen and oxygen atoms in total. The molecule has 57 heavy (non-hydrogen) atoms. The topological polar surface area (TPSA) is 38.9 Å². The molecule has 11 rings (SSSR count). The molecule has 2 heterocycles. The minimum absolute atomic E-state index is 0.677. The maximum Gasteiger partial charge on any atom is 0.160 e. The van der Waals surface area contributed by atoms with E-state index in [0.717, 1.165) is 77.8 Å². The standard InChI is InChI=1S/C54H34N2O/c1-2-14-37(15-3-1)54-55-50(43-19-10-18-40(30-43)41-26-24-35-12-4-6-16-38(35)28-41)34-51(56-54)46-32-44(42-27-25-36-13-5-7-17-39(36)29-42)31-45(33-46)47-21-11-22-49-48-20-8-9-23-52(48)57-53(47)49/h1-34H. The molecule has 0 atom stereocenters. The third kappa shape index (κ3) is 6.03. The van der Waals surface area contributed by atoms with Gasteiger partial charge in [0.15, 0.2) is 5.82 Å². The summed E-state index contributed by atoms with van der Waals surface area (Å²) in [4.78, 5) is 10.5. The average Bonchev–Trinajstić information content (AvgIpc) is 3.68. The van der Waals surface area contributed by atoms with E-state index in [9.17, 15) is 0 Å². The Morgan fingerprint density at radius 1 is 0.298 bits per heavy atom. The van der Waals surface area contributed by atoms with Gasteiger partial charge in [-0.15, -0.1) is 0 Å². The van der Waals surface area contributed by atoms with Gasteiger partial charge in [-0.1, -0.05) is 158 Å².